The number of nitrogens with two attached hydrogens (primary N) is 1. The fourth-order valence-corrected chi connectivity index (χ4v) is 2.68. The van der Waals surface area contributed by atoms with Gasteiger partial charge in [-0.2, -0.15) is 0 Å². The van der Waals surface area contributed by atoms with Gasteiger partial charge in [0, 0.05) is 23.2 Å². The van der Waals surface area contributed by atoms with Gasteiger partial charge in [0.1, 0.15) is 5.75 Å². The van der Waals surface area contributed by atoms with Gasteiger partial charge < -0.3 is 15.8 Å². The number of nitrogen functional groups attached to an aromatic ring is 1. The molecule has 21 heavy (non-hydrogen) atoms. The van der Waals surface area contributed by atoms with Crippen LogP contribution in [-0.2, 0) is 0 Å². The Balaban J connectivity index is 1.82. The Labute approximate surface area is 123 Å². The third-order valence-corrected chi connectivity index (χ3v) is 3.63. The van der Waals surface area contributed by atoms with Crippen LogP contribution in [0.25, 0.3) is 0 Å². The van der Waals surface area contributed by atoms with Crippen molar-refractivity contribution < 1.29 is 9.53 Å². The Morgan fingerprint density at radius 3 is 2.90 bits per heavy atom. The van der Waals surface area contributed by atoms with Gasteiger partial charge >= 0.3 is 0 Å². The molecule has 1 heterocycles. The summed E-state index contributed by atoms with van der Waals surface area (Å²) >= 11 is 0. The highest BCUT2D eigenvalue weighted by Crippen LogP contribution is 2.31. The molecule has 4 heteroatoms. The van der Waals surface area contributed by atoms with Gasteiger partial charge in [0.05, 0.1) is 12.6 Å². The van der Waals surface area contributed by atoms with E-state index in [9.17, 15) is 4.79 Å². The molecule has 0 saturated carbocycles. The molecule has 1 atom stereocenters. The average molecular weight is 282 g/mol. The number of benzene rings is 2. The number of para-hydroxylation sites is 1. The fraction of sp³-hybridized carbons (Fsp3) is 0.235. The summed E-state index contributed by atoms with van der Waals surface area (Å²) < 4.78 is 5.61. The number of aryl methyl sites for hydroxylation is 1. The molecule has 0 aliphatic carbocycles. The van der Waals surface area contributed by atoms with E-state index in [1.165, 1.54) is 0 Å². The van der Waals surface area contributed by atoms with Crippen LogP contribution in [0.15, 0.2) is 42.5 Å². The quantitative estimate of drug-likeness (QED) is 0.832. The first-order valence-corrected chi connectivity index (χ1v) is 7.03. The highest BCUT2D eigenvalue weighted by Gasteiger charge is 2.23. The summed E-state index contributed by atoms with van der Waals surface area (Å²) in [6.07, 6.45) is 0.768. The predicted octanol–water partition coefficient (Wildman–Crippen LogP) is 2.83. The number of amides is 1. The molecule has 108 valence electrons. The lowest BCUT2D eigenvalue weighted by atomic mass is 10.00. The van der Waals surface area contributed by atoms with Crippen LogP contribution in [0.2, 0.25) is 0 Å². The smallest absolute Gasteiger partial charge is 0.251 e. The topological polar surface area (TPSA) is 64.4 Å². The summed E-state index contributed by atoms with van der Waals surface area (Å²) in [6, 6.07) is 13.2. The van der Waals surface area contributed by atoms with Crippen molar-refractivity contribution in [3.8, 4) is 5.75 Å². The van der Waals surface area contributed by atoms with Crippen LogP contribution < -0.4 is 15.8 Å². The number of anilines is 1. The lowest BCUT2D eigenvalue weighted by molar-refractivity contribution is 0.0924. The molecule has 1 amide bonds. The SMILES string of the molecule is Cc1cc(N)cc(C(=O)NC2CCOc3ccccc32)c1. The third-order valence-electron chi connectivity index (χ3n) is 3.63. The Morgan fingerprint density at radius 2 is 2.10 bits per heavy atom. The maximum Gasteiger partial charge on any atom is 0.251 e. The maximum atomic E-state index is 12.4. The third kappa shape index (κ3) is 2.84. The standard InChI is InChI=1S/C17H18N2O2/c1-11-8-12(10-13(18)9-11)17(20)19-15-6-7-21-16-5-3-2-4-14(15)16/h2-5,8-10,15H,6-7,18H2,1H3,(H,19,20). The van der Waals surface area contributed by atoms with E-state index in [2.05, 4.69) is 5.32 Å². The van der Waals surface area contributed by atoms with E-state index in [1.54, 1.807) is 6.07 Å². The molecule has 0 bridgehead atoms. The molecule has 1 unspecified atom stereocenters. The number of nitrogens with one attached hydrogen (secondary N) is 1. The zero-order chi connectivity index (χ0) is 14.8. The zero-order valence-corrected chi connectivity index (χ0v) is 11.9. The first-order chi connectivity index (χ1) is 10.1. The summed E-state index contributed by atoms with van der Waals surface area (Å²) in [4.78, 5) is 12.4. The van der Waals surface area contributed by atoms with E-state index in [-0.39, 0.29) is 11.9 Å². The number of carbonyl (C=O) groups excluding carboxylic acids is 1. The molecule has 3 rings (SSSR count). The van der Waals surface area contributed by atoms with Crippen LogP contribution in [0.5, 0.6) is 5.75 Å². The Kier molecular flexibility index (Phi) is 3.52. The number of carbonyl (C=O) groups is 1. The monoisotopic (exact) mass is 282 g/mol. The molecule has 1 aliphatic heterocycles. The van der Waals surface area contributed by atoms with Crippen molar-refractivity contribution in [2.45, 2.75) is 19.4 Å². The van der Waals surface area contributed by atoms with Gasteiger partial charge in [-0.1, -0.05) is 18.2 Å². The van der Waals surface area contributed by atoms with Crippen LogP contribution >= 0.6 is 0 Å². The van der Waals surface area contributed by atoms with E-state index in [0.717, 1.165) is 23.3 Å². The molecule has 2 aromatic carbocycles. The minimum absolute atomic E-state index is 0.0239. The molecule has 0 fully saturated rings. The molecule has 4 nitrogen and oxygen atoms in total. The van der Waals surface area contributed by atoms with Crippen molar-refractivity contribution in [1.29, 1.82) is 0 Å². The predicted molar refractivity (Wildman–Crippen MR) is 82.4 cm³/mol. The van der Waals surface area contributed by atoms with E-state index in [4.69, 9.17) is 10.5 Å². The fourth-order valence-electron chi connectivity index (χ4n) is 2.68. The van der Waals surface area contributed by atoms with Crippen molar-refractivity contribution in [2.75, 3.05) is 12.3 Å². The van der Waals surface area contributed by atoms with Crippen molar-refractivity contribution >= 4 is 11.6 Å². The second kappa shape index (κ2) is 5.48. The summed E-state index contributed by atoms with van der Waals surface area (Å²) in [6.45, 7) is 2.54. The first kappa shape index (κ1) is 13.5. The Hall–Kier alpha value is -2.49. The largest absolute Gasteiger partial charge is 0.493 e. The van der Waals surface area contributed by atoms with Gasteiger partial charge in [0.25, 0.3) is 5.91 Å². The van der Waals surface area contributed by atoms with Crippen LogP contribution in [0.1, 0.15) is 33.9 Å². The molecule has 0 aromatic heterocycles. The minimum Gasteiger partial charge on any atom is -0.493 e. The average Bonchev–Trinajstić information content (AvgIpc) is 2.46. The Morgan fingerprint density at radius 1 is 1.29 bits per heavy atom. The van der Waals surface area contributed by atoms with Crippen molar-refractivity contribution in [3.05, 3.63) is 59.2 Å². The second-order valence-corrected chi connectivity index (χ2v) is 5.33. The number of hydrogen-bond donors (Lipinski definition) is 2. The van der Waals surface area contributed by atoms with Crippen molar-refractivity contribution in [1.82, 2.24) is 5.32 Å². The van der Waals surface area contributed by atoms with Gasteiger partial charge in [-0.05, 0) is 36.8 Å². The summed E-state index contributed by atoms with van der Waals surface area (Å²) in [7, 11) is 0. The van der Waals surface area contributed by atoms with E-state index in [0.29, 0.717) is 17.9 Å². The van der Waals surface area contributed by atoms with Crippen molar-refractivity contribution in [3.63, 3.8) is 0 Å². The maximum absolute atomic E-state index is 12.4. The van der Waals surface area contributed by atoms with Crippen LogP contribution in [0.3, 0.4) is 0 Å². The second-order valence-electron chi connectivity index (χ2n) is 5.33. The van der Waals surface area contributed by atoms with Crippen LogP contribution in [0, 0.1) is 6.92 Å². The zero-order valence-electron chi connectivity index (χ0n) is 11.9. The number of rotatable bonds is 2. The molecule has 3 N–H and O–H groups in total. The molecule has 1 aliphatic rings. The van der Waals surface area contributed by atoms with E-state index in [1.807, 2.05) is 43.3 Å². The highest BCUT2D eigenvalue weighted by molar-refractivity contribution is 5.95. The summed E-state index contributed by atoms with van der Waals surface area (Å²) in [5, 5.41) is 3.07. The first-order valence-electron chi connectivity index (χ1n) is 7.03. The van der Waals surface area contributed by atoms with E-state index >= 15 is 0 Å². The minimum atomic E-state index is -0.105. The molecular weight excluding hydrogens is 264 g/mol. The molecule has 0 radical (unpaired) electrons. The van der Waals surface area contributed by atoms with Gasteiger partial charge in [-0.25, -0.2) is 0 Å². The number of ether oxygens (including phenoxy) is 1. The van der Waals surface area contributed by atoms with Crippen molar-refractivity contribution in [2.24, 2.45) is 0 Å². The lowest BCUT2D eigenvalue weighted by Crippen LogP contribution is -2.32. The molecule has 2 aromatic rings. The van der Waals surface area contributed by atoms with Gasteiger partial charge in [-0.3, -0.25) is 4.79 Å². The molecular formula is C17H18N2O2. The highest BCUT2D eigenvalue weighted by atomic mass is 16.5. The summed E-state index contributed by atoms with van der Waals surface area (Å²) in [5.74, 6) is 0.741. The van der Waals surface area contributed by atoms with E-state index < -0.39 is 0 Å². The molecule has 0 spiro atoms. The lowest BCUT2D eigenvalue weighted by Gasteiger charge is -2.26. The van der Waals surface area contributed by atoms with Crippen LogP contribution in [0.4, 0.5) is 5.69 Å². The van der Waals surface area contributed by atoms with Gasteiger partial charge in [0.15, 0.2) is 0 Å². The molecule has 0 saturated heterocycles. The van der Waals surface area contributed by atoms with Gasteiger partial charge in [-0.15, -0.1) is 0 Å². The normalized spacial score (nSPS) is 16.7. The number of fused-ring (bicyclic) bond motifs is 1. The number of hydrogen-bond acceptors (Lipinski definition) is 3. The van der Waals surface area contributed by atoms with Crippen LogP contribution in [-0.4, -0.2) is 12.5 Å². The Bertz CT molecular complexity index is 662. The summed E-state index contributed by atoms with van der Waals surface area (Å²) in [5.41, 5.74) is 9.01. The van der Waals surface area contributed by atoms with Gasteiger partial charge in [0.2, 0.25) is 0 Å².